The van der Waals surface area contributed by atoms with Crippen molar-refractivity contribution in [2.45, 2.75) is 0 Å². The zero-order chi connectivity index (χ0) is 14.3. The SMILES string of the molecule is O=C(c1ccc(Cl)c(Br)c1)c1c[nH]c2nccc(Cl)c12. The van der Waals surface area contributed by atoms with Crippen LogP contribution in [0.1, 0.15) is 15.9 Å². The number of fused-ring (bicyclic) bond motifs is 1. The number of ketones is 1. The van der Waals surface area contributed by atoms with E-state index >= 15 is 0 Å². The summed E-state index contributed by atoms with van der Waals surface area (Å²) in [7, 11) is 0. The van der Waals surface area contributed by atoms with Crippen LogP contribution in [0.2, 0.25) is 10.0 Å². The summed E-state index contributed by atoms with van der Waals surface area (Å²) in [6, 6.07) is 6.70. The molecule has 0 aliphatic rings. The molecule has 3 nitrogen and oxygen atoms in total. The molecule has 0 aliphatic heterocycles. The van der Waals surface area contributed by atoms with Crippen molar-refractivity contribution in [3.05, 3.63) is 62.3 Å². The van der Waals surface area contributed by atoms with Gasteiger partial charge < -0.3 is 4.98 Å². The number of pyridine rings is 1. The fourth-order valence-electron chi connectivity index (χ4n) is 1.99. The molecule has 0 saturated heterocycles. The predicted molar refractivity (Wildman–Crippen MR) is 83.7 cm³/mol. The van der Waals surface area contributed by atoms with Crippen LogP contribution in [-0.4, -0.2) is 15.8 Å². The zero-order valence-corrected chi connectivity index (χ0v) is 13.1. The van der Waals surface area contributed by atoms with Gasteiger partial charge in [-0.25, -0.2) is 4.98 Å². The van der Waals surface area contributed by atoms with Gasteiger partial charge in [-0.05, 0) is 40.2 Å². The van der Waals surface area contributed by atoms with Gasteiger partial charge in [0.25, 0.3) is 0 Å². The lowest BCUT2D eigenvalue weighted by Crippen LogP contribution is -2.00. The molecule has 0 bridgehead atoms. The molecule has 0 saturated carbocycles. The van der Waals surface area contributed by atoms with E-state index in [0.717, 1.165) is 0 Å². The Morgan fingerprint density at radius 3 is 2.75 bits per heavy atom. The number of halogens is 3. The van der Waals surface area contributed by atoms with Gasteiger partial charge >= 0.3 is 0 Å². The van der Waals surface area contributed by atoms with Gasteiger partial charge in [-0.2, -0.15) is 0 Å². The Morgan fingerprint density at radius 1 is 1.20 bits per heavy atom. The molecular weight excluding hydrogens is 363 g/mol. The van der Waals surface area contributed by atoms with Crippen LogP contribution in [0.5, 0.6) is 0 Å². The van der Waals surface area contributed by atoms with E-state index in [4.69, 9.17) is 23.2 Å². The molecule has 1 N–H and O–H groups in total. The van der Waals surface area contributed by atoms with Crippen molar-refractivity contribution in [1.29, 1.82) is 0 Å². The van der Waals surface area contributed by atoms with Crippen molar-refractivity contribution in [2.75, 3.05) is 0 Å². The highest BCUT2D eigenvalue weighted by Gasteiger charge is 2.17. The zero-order valence-electron chi connectivity index (χ0n) is 9.95. The minimum absolute atomic E-state index is 0.136. The van der Waals surface area contributed by atoms with Gasteiger partial charge in [0.1, 0.15) is 5.65 Å². The molecule has 3 rings (SSSR count). The summed E-state index contributed by atoms with van der Waals surface area (Å²) in [5.74, 6) is -0.136. The highest BCUT2D eigenvalue weighted by Crippen LogP contribution is 2.29. The van der Waals surface area contributed by atoms with Crippen LogP contribution in [0.3, 0.4) is 0 Å². The number of nitrogens with zero attached hydrogens (tertiary/aromatic N) is 1. The number of aromatic nitrogens is 2. The fraction of sp³-hybridized carbons (Fsp3) is 0. The first-order valence-electron chi connectivity index (χ1n) is 5.69. The molecule has 1 aromatic carbocycles. The third-order valence-corrected chi connectivity index (χ3v) is 4.48. The summed E-state index contributed by atoms with van der Waals surface area (Å²) in [5.41, 5.74) is 1.61. The molecule has 2 heterocycles. The van der Waals surface area contributed by atoms with E-state index in [1.165, 1.54) is 0 Å². The van der Waals surface area contributed by atoms with Crippen LogP contribution in [0.4, 0.5) is 0 Å². The maximum absolute atomic E-state index is 12.6. The molecule has 0 aliphatic carbocycles. The standard InChI is InChI=1S/C14H7BrCl2N2O/c15-9-5-7(1-2-10(9)16)13(20)8-6-19-14-12(8)11(17)3-4-18-14/h1-6H,(H,18,19). The van der Waals surface area contributed by atoms with E-state index in [-0.39, 0.29) is 5.78 Å². The Morgan fingerprint density at radius 2 is 2.00 bits per heavy atom. The summed E-state index contributed by atoms with van der Waals surface area (Å²) in [6.45, 7) is 0. The molecule has 0 fully saturated rings. The lowest BCUT2D eigenvalue weighted by Gasteiger charge is -2.03. The van der Waals surface area contributed by atoms with Gasteiger partial charge in [0, 0.05) is 27.8 Å². The highest BCUT2D eigenvalue weighted by molar-refractivity contribution is 9.10. The first-order chi connectivity index (χ1) is 9.58. The number of nitrogens with one attached hydrogen (secondary N) is 1. The number of hydrogen-bond donors (Lipinski definition) is 1. The smallest absolute Gasteiger partial charge is 0.195 e. The third-order valence-electron chi connectivity index (χ3n) is 2.95. The molecular formula is C14H7BrCl2N2O. The molecule has 0 amide bonds. The molecule has 0 unspecified atom stereocenters. The normalized spacial score (nSPS) is 10.9. The quantitative estimate of drug-likeness (QED) is 0.655. The maximum atomic E-state index is 12.6. The molecule has 2 aromatic heterocycles. The predicted octanol–water partition coefficient (Wildman–Crippen LogP) is 4.86. The number of hydrogen-bond acceptors (Lipinski definition) is 2. The van der Waals surface area contributed by atoms with Crippen molar-refractivity contribution in [1.82, 2.24) is 9.97 Å². The molecule has 20 heavy (non-hydrogen) atoms. The van der Waals surface area contributed by atoms with Crippen molar-refractivity contribution in [3.63, 3.8) is 0 Å². The van der Waals surface area contributed by atoms with Crippen LogP contribution < -0.4 is 0 Å². The van der Waals surface area contributed by atoms with E-state index in [9.17, 15) is 4.79 Å². The van der Waals surface area contributed by atoms with E-state index in [1.54, 1.807) is 36.7 Å². The van der Waals surface area contributed by atoms with Crippen LogP contribution in [0.25, 0.3) is 11.0 Å². The maximum Gasteiger partial charge on any atom is 0.195 e. The molecule has 100 valence electrons. The lowest BCUT2D eigenvalue weighted by atomic mass is 10.0. The Bertz CT molecular complexity index is 829. The second-order valence-corrected chi connectivity index (χ2v) is 5.85. The van der Waals surface area contributed by atoms with Crippen molar-refractivity contribution >= 4 is 55.9 Å². The Labute approximate surface area is 133 Å². The minimum Gasteiger partial charge on any atom is -0.345 e. The second-order valence-electron chi connectivity index (χ2n) is 4.18. The van der Waals surface area contributed by atoms with Crippen LogP contribution in [0, 0.1) is 0 Å². The van der Waals surface area contributed by atoms with Gasteiger partial charge in [0.2, 0.25) is 0 Å². The van der Waals surface area contributed by atoms with Crippen LogP contribution >= 0.6 is 39.1 Å². The molecule has 3 aromatic rings. The summed E-state index contributed by atoms with van der Waals surface area (Å²) >= 11 is 15.4. The van der Waals surface area contributed by atoms with E-state index in [0.29, 0.717) is 36.7 Å². The molecule has 0 spiro atoms. The Kier molecular flexibility index (Phi) is 3.54. The largest absolute Gasteiger partial charge is 0.345 e. The second kappa shape index (κ2) is 5.20. The summed E-state index contributed by atoms with van der Waals surface area (Å²) in [6.07, 6.45) is 3.21. The topological polar surface area (TPSA) is 45.8 Å². The average Bonchev–Trinajstić information content (AvgIpc) is 2.86. The number of H-pyrrole nitrogens is 1. The third kappa shape index (κ3) is 2.24. The van der Waals surface area contributed by atoms with E-state index in [1.807, 2.05) is 0 Å². The number of rotatable bonds is 2. The van der Waals surface area contributed by atoms with E-state index in [2.05, 4.69) is 25.9 Å². The van der Waals surface area contributed by atoms with Gasteiger partial charge in [-0.15, -0.1) is 0 Å². The van der Waals surface area contributed by atoms with Gasteiger partial charge in [-0.1, -0.05) is 23.2 Å². The first-order valence-corrected chi connectivity index (χ1v) is 7.24. The van der Waals surface area contributed by atoms with Crippen molar-refractivity contribution in [3.8, 4) is 0 Å². The van der Waals surface area contributed by atoms with Crippen LogP contribution in [0.15, 0.2) is 41.1 Å². The van der Waals surface area contributed by atoms with Gasteiger partial charge in [0.15, 0.2) is 5.78 Å². The van der Waals surface area contributed by atoms with Crippen molar-refractivity contribution < 1.29 is 4.79 Å². The Balaban J connectivity index is 2.15. The van der Waals surface area contributed by atoms with Gasteiger partial charge in [0.05, 0.1) is 15.6 Å². The number of benzene rings is 1. The van der Waals surface area contributed by atoms with Crippen LogP contribution in [-0.2, 0) is 0 Å². The molecule has 0 radical (unpaired) electrons. The fourth-order valence-corrected chi connectivity index (χ4v) is 2.73. The minimum atomic E-state index is -0.136. The first kappa shape index (κ1) is 13.6. The lowest BCUT2D eigenvalue weighted by molar-refractivity contribution is 0.104. The monoisotopic (exact) mass is 368 g/mol. The summed E-state index contributed by atoms with van der Waals surface area (Å²) in [4.78, 5) is 19.7. The number of carbonyl (C=O) groups excluding carboxylic acids is 1. The number of carbonyl (C=O) groups is 1. The number of aromatic amines is 1. The van der Waals surface area contributed by atoms with Crippen molar-refractivity contribution in [2.24, 2.45) is 0 Å². The summed E-state index contributed by atoms with van der Waals surface area (Å²) in [5, 5.41) is 1.68. The molecule has 6 heteroatoms. The highest BCUT2D eigenvalue weighted by atomic mass is 79.9. The van der Waals surface area contributed by atoms with E-state index < -0.39 is 0 Å². The summed E-state index contributed by atoms with van der Waals surface area (Å²) < 4.78 is 0.675. The van der Waals surface area contributed by atoms with Gasteiger partial charge in [-0.3, -0.25) is 4.79 Å². The average molecular weight is 370 g/mol. The Hall–Kier alpha value is -1.36. The molecule has 0 atom stereocenters.